The highest BCUT2D eigenvalue weighted by Gasteiger charge is 2.24. The molecular formula is C84H50O2. The topological polar surface area (TPSA) is 26.3 Å². The first kappa shape index (κ1) is 48.2. The first-order chi connectivity index (χ1) is 42.7. The Hall–Kier alpha value is -11.3. The van der Waals surface area contributed by atoms with E-state index >= 15 is 0 Å². The second-order valence-electron chi connectivity index (χ2n) is 22.9. The summed E-state index contributed by atoms with van der Waals surface area (Å²) in [4.78, 5) is 0. The number of hydrogen-bond donors (Lipinski definition) is 0. The third-order valence-electron chi connectivity index (χ3n) is 18.2. The van der Waals surface area contributed by atoms with Crippen LogP contribution >= 0.6 is 0 Å². The van der Waals surface area contributed by atoms with Crippen molar-refractivity contribution in [1.29, 1.82) is 0 Å². The number of fused-ring (bicyclic) bond motifs is 12. The molecule has 2 heterocycles. The van der Waals surface area contributed by atoms with Crippen molar-refractivity contribution >= 4 is 109 Å². The van der Waals surface area contributed by atoms with Gasteiger partial charge in [0.05, 0.1) is 0 Å². The van der Waals surface area contributed by atoms with Gasteiger partial charge in [-0.15, -0.1) is 0 Å². The van der Waals surface area contributed by atoms with Crippen molar-refractivity contribution in [3.63, 3.8) is 0 Å². The summed E-state index contributed by atoms with van der Waals surface area (Å²) in [6.45, 7) is 0. The first-order valence-corrected chi connectivity index (χ1v) is 29.6. The van der Waals surface area contributed by atoms with E-state index in [0.717, 1.165) is 88.4 Å². The predicted molar refractivity (Wildman–Crippen MR) is 364 cm³/mol. The van der Waals surface area contributed by atoms with Crippen LogP contribution in [0.2, 0.25) is 0 Å². The average molecular weight is 1090 g/mol. The molecule has 0 aliphatic rings. The minimum atomic E-state index is 0.855. The Kier molecular flexibility index (Phi) is 10.7. The molecule has 0 saturated heterocycles. The molecule has 18 rings (SSSR count). The van der Waals surface area contributed by atoms with E-state index in [0.29, 0.717) is 0 Å². The summed E-state index contributed by atoms with van der Waals surface area (Å²) in [5.41, 5.74) is 19.7. The summed E-state index contributed by atoms with van der Waals surface area (Å²) in [6.07, 6.45) is 0. The largest absolute Gasteiger partial charge is 0.455 e. The Balaban J connectivity index is 0.811. The van der Waals surface area contributed by atoms with Crippen LogP contribution in [0.5, 0.6) is 0 Å². The molecule has 18 aromatic rings. The molecule has 0 fully saturated rings. The van der Waals surface area contributed by atoms with E-state index in [2.05, 4.69) is 303 Å². The van der Waals surface area contributed by atoms with Gasteiger partial charge in [-0.25, -0.2) is 0 Å². The summed E-state index contributed by atoms with van der Waals surface area (Å²) in [5, 5.41) is 19.1. The van der Waals surface area contributed by atoms with Crippen LogP contribution in [0.1, 0.15) is 0 Å². The zero-order valence-electron chi connectivity index (χ0n) is 46.7. The van der Waals surface area contributed by atoms with Gasteiger partial charge >= 0.3 is 0 Å². The smallest absolute Gasteiger partial charge is 0.143 e. The van der Waals surface area contributed by atoms with Gasteiger partial charge in [0.1, 0.15) is 22.3 Å². The Morgan fingerprint density at radius 3 is 1.05 bits per heavy atom. The van der Waals surface area contributed by atoms with Crippen LogP contribution < -0.4 is 0 Å². The molecule has 398 valence electrons. The molecule has 0 atom stereocenters. The highest BCUT2D eigenvalue weighted by atomic mass is 16.3. The Morgan fingerprint density at radius 1 is 0.163 bits per heavy atom. The molecule has 0 saturated carbocycles. The van der Waals surface area contributed by atoms with Crippen LogP contribution in [0.3, 0.4) is 0 Å². The molecular weight excluding hydrogens is 1040 g/mol. The minimum absolute atomic E-state index is 0.855. The van der Waals surface area contributed by atoms with E-state index < -0.39 is 0 Å². The lowest BCUT2D eigenvalue weighted by Crippen LogP contribution is -1.92. The fourth-order valence-electron chi connectivity index (χ4n) is 14.4. The van der Waals surface area contributed by atoms with E-state index in [9.17, 15) is 0 Å². The summed E-state index contributed by atoms with van der Waals surface area (Å²) in [6, 6.07) is 111. The van der Waals surface area contributed by atoms with Crippen molar-refractivity contribution in [2.75, 3.05) is 0 Å². The maximum atomic E-state index is 6.99. The summed E-state index contributed by atoms with van der Waals surface area (Å²) in [5.74, 6) is 0. The van der Waals surface area contributed by atoms with Gasteiger partial charge in [0.2, 0.25) is 0 Å². The lowest BCUT2D eigenvalue weighted by molar-refractivity contribution is 0.669. The van der Waals surface area contributed by atoms with Crippen molar-refractivity contribution in [2.24, 2.45) is 0 Å². The molecule has 0 aliphatic carbocycles. The van der Waals surface area contributed by atoms with Crippen LogP contribution in [-0.2, 0) is 0 Å². The second kappa shape index (κ2) is 19.1. The van der Waals surface area contributed by atoms with Crippen LogP contribution in [0.4, 0.5) is 0 Å². The molecule has 2 heteroatoms. The van der Waals surface area contributed by atoms with Gasteiger partial charge in [0.25, 0.3) is 0 Å². The predicted octanol–water partition coefficient (Wildman–Crippen LogP) is 24.1. The van der Waals surface area contributed by atoms with Gasteiger partial charge < -0.3 is 8.83 Å². The summed E-state index contributed by atoms with van der Waals surface area (Å²) in [7, 11) is 0. The number of benzene rings is 16. The van der Waals surface area contributed by atoms with Gasteiger partial charge in [-0.1, -0.05) is 261 Å². The SMILES string of the molecule is c1ccc(-c2cc(-c3ccc(-c4cc(-c5c6ccccc6c(-c6cccc7ccccc67)c6ccccc56)cc5c4oc4ccccc45)cc3)cc3c2oc2ccc(-c4c5ccccc5c(-c5cccc6ccccc56)c5ccccc45)cc23)cc1. The van der Waals surface area contributed by atoms with Crippen LogP contribution in [-0.4, -0.2) is 0 Å². The summed E-state index contributed by atoms with van der Waals surface area (Å²) < 4.78 is 13.9. The van der Waals surface area contributed by atoms with Crippen LogP contribution in [0.25, 0.3) is 186 Å². The molecule has 86 heavy (non-hydrogen) atoms. The zero-order chi connectivity index (χ0) is 56.4. The van der Waals surface area contributed by atoms with Crippen molar-refractivity contribution in [3.8, 4) is 77.9 Å². The van der Waals surface area contributed by atoms with Crippen LogP contribution in [0.15, 0.2) is 312 Å². The maximum absolute atomic E-state index is 6.99. The Labute approximate surface area is 495 Å². The van der Waals surface area contributed by atoms with Gasteiger partial charge in [-0.05, 0) is 174 Å². The lowest BCUT2D eigenvalue weighted by atomic mass is 9.84. The van der Waals surface area contributed by atoms with Gasteiger partial charge in [-0.2, -0.15) is 0 Å². The molecule has 0 radical (unpaired) electrons. The van der Waals surface area contributed by atoms with E-state index in [1.54, 1.807) is 0 Å². The summed E-state index contributed by atoms with van der Waals surface area (Å²) >= 11 is 0. The third kappa shape index (κ3) is 7.40. The Morgan fingerprint density at radius 2 is 0.512 bits per heavy atom. The zero-order valence-corrected chi connectivity index (χ0v) is 46.7. The quantitative estimate of drug-likeness (QED) is 0.149. The van der Waals surface area contributed by atoms with Gasteiger partial charge in [-0.3, -0.25) is 0 Å². The molecule has 0 aliphatic heterocycles. The minimum Gasteiger partial charge on any atom is -0.455 e. The number of rotatable bonds is 7. The number of hydrogen-bond acceptors (Lipinski definition) is 2. The monoisotopic (exact) mass is 1090 g/mol. The lowest BCUT2D eigenvalue weighted by Gasteiger charge is -2.19. The van der Waals surface area contributed by atoms with Gasteiger partial charge in [0, 0.05) is 32.7 Å². The van der Waals surface area contributed by atoms with E-state index in [4.69, 9.17) is 8.83 Å². The van der Waals surface area contributed by atoms with Crippen molar-refractivity contribution < 1.29 is 8.83 Å². The van der Waals surface area contributed by atoms with Crippen LogP contribution in [0, 0.1) is 0 Å². The van der Waals surface area contributed by atoms with E-state index in [1.165, 1.54) is 98.0 Å². The molecule has 0 spiro atoms. The van der Waals surface area contributed by atoms with Crippen molar-refractivity contribution in [3.05, 3.63) is 303 Å². The molecule has 2 nitrogen and oxygen atoms in total. The first-order valence-electron chi connectivity index (χ1n) is 29.6. The molecule has 0 unspecified atom stereocenters. The fourth-order valence-corrected chi connectivity index (χ4v) is 14.4. The Bertz CT molecular complexity index is 5700. The molecule has 0 bridgehead atoms. The van der Waals surface area contributed by atoms with Gasteiger partial charge in [0.15, 0.2) is 0 Å². The number of furan rings is 2. The maximum Gasteiger partial charge on any atom is 0.143 e. The second-order valence-corrected chi connectivity index (χ2v) is 22.9. The van der Waals surface area contributed by atoms with Crippen molar-refractivity contribution in [2.45, 2.75) is 0 Å². The van der Waals surface area contributed by atoms with E-state index in [1.807, 2.05) is 0 Å². The number of para-hydroxylation sites is 1. The molecule has 16 aromatic carbocycles. The van der Waals surface area contributed by atoms with Crippen molar-refractivity contribution in [1.82, 2.24) is 0 Å². The highest BCUT2D eigenvalue weighted by Crippen LogP contribution is 2.50. The molecule has 0 N–H and O–H groups in total. The highest BCUT2D eigenvalue weighted by molar-refractivity contribution is 6.27. The average Bonchev–Trinajstić information content (AvgIpc) is 1.23. The fraction of sp³-hybridized carbons (Fsp3) is 0. The normalized spacial score (nSPS) is 12.0. The molecule has 0 amide bonds. The third-order valence-corrected chi connectivity index (χ3v) is 18.2. The standard InChI is InChI=1S/C84H50O2/c1-2-20-54(21-3-1)72-47-57(48-76-74-46-56(44-45-78(74)86-84(72)76)79-64-29-8-12-33-68(64)81(69-34-13-9-30-65(69)79)62-37-18-24-52-22-4-6-26-59(52)62)51-40-42-55(43-41-51)73-49-58(50-75-61-28-16-17-39-77(61)85-83(73)75)80-66-31-10-14-35-70(66)82(71-36-15-11-32-67(71)80)63-38-19-25-53-23-5-7-27-60(53)63/h1-50H. The van der Waals surface area contributed by atoms with E-state index in [-0.39, 0.29) is 0 Å². The molecule has 2 aromatic heterocycles.